The summed E-state index contributed by atoms with van der Waals surface area (Å²) in [4.78, 5) is 26.8. The number of rotatable bonds is 4. The molecule has 1 heterocycles. The van der Waals surface area contributed by atoms with Crippen LogP contribution in [-0.2, 0) is 4.79 Å². The Morgan fingerprint density at radius 2 is 1.90 bits per heavy atom. The zero-order valence-electron chi connectivity index (χ0n) is 11.0. The number of nitrogens with zero attached hydrogens (tertiary/aromatic N) is 1. The van der Waals surface area contributed by atoms with E-state index in [-0.39, 0.29) is 11.7 Å². The molecule has 4 nitrogen and oxygen atoms in total. The van der Waals surface area contributed by atoms with Gasteiger partial charge in [0, 0.05) is 30.6 Å². The maximum atomic E-state index is 12.0. The van der Waals surface area contributed by atoms with Gasteiger partial charge in [0.05, 0.1) is 0 Å². The van der Waals surface area contributed by atoms with Crippen molar-refractivity contribution in [1.82, 2.24) is 4.98 Å². The lowest BCUT2D eigenvalue weighted by Gasteiger charge is -2.02. The molecule has 0 aliphatic carbocycles. The molecule has 2 aromatic rings. The summed E-state index contributed by atoms with van der Waals surface area (Å²) in [6, 6.07) is 10.4. The number of ketones is 1. The number of hydrogen-bond acceptors (Lipinski definition) is 3. The Labute approximate surface area is 117 Å². The van der Waals surface area contributed by atoms with Crippen molar-refractivity contribution in [3.8, 4) is 0 Å². The Balaban J connectivity index is 2.06. The molecule has 0 aliphatic heterocycles. The van der Waals surface area contributed by atoms with Crippen molar-refractivity contribution in [3.63, 3.8) is 0 Å². The quantitative estimate of drug-likeness (QED) is 0.683. The second-order valence-electron chi connectivity index (χ2n) is 4.24. The normalized spacial score (nSPS) is 10.4. The third kappa shape index (κ3) is 3.88. The molecule has 0 radical (unpaired) electrons. The van der Waals surface area contributed by atoms with E-state index in [9.17, 15) is 9.59 Å². The Morgan fingerprint density at radius 1 is 1.15 bits per heavy atom. The first-order valence-electron chi connectivity index (χ1n) is 6.15. The van der Waals surface area contributed by atoms with Gasteiger partial charge in [-0.2, -0.15) is 0 Å². The first-order chi connectivity index (χ1) is 9.65. The van der Waals surface area contributed by atoms with Crippen LogP contribution in [0.5, 0.6) is 0 Å². The molecule has 0 fully saturated rings. The van der Waals surface area contributed by atoms with E-state index in [0.717, 1.165) is 5.56 Å². The van der Waals surface area contributed by atoms with Crippen molar-refractivity contribution in [1.29, 1.82) is 0 Å². The zero-order valence-corrected chi connectivity index (χ0v) is 11.0. The van der Waals surface area contributed by atoms with Gasteiger partial charge in [-0.3, -0.25) is 14.6 Å². The van der Waals surface area contributed by atoms with E-state index < -0.39 is 0 Å². The molecule has 0 saturated heterocycles. The van der Waals surface area contributed by atoms with Crippen LogP contribution < -0.4 is 5.32 Å². The molecule has 20 heavy (non-hydrogen) atoms. The average Bonchev–Trinajstić information content (AvgIpc) is 2.46. The van der Waals surface area contributed by atoms with Crippen LogP contribution in [0.4, 0.5) is 5.69 Å². The van der Waals surface area contributed by atoms with Crippen LogP contribution in [-0.4, -0.2) is 16.7 Å². The Morgan fingerprint density at radius 3 is 2.50 bits per heavy atom. The molecule has 0 atom stereocenters. The highest BCUT2D eigenvalue weighted by Gasteiger charge is 2.02. The second kappa shape index (κ2) is 6.43. The molecule has 1 amide bonds. The number of benzene rings is 1. The monoisotopic (exact) mass is 266 g/mol. The number of anilines is 1. The molecule has 0 saturated carbocycles. The van der Waals surface area contributed by atoms with Crippen LogP contribution in [0.1, 0.15) is 22.8 Å². The van der Waals surface area contributed by atoms with Gasteiger partial charge in [0.1, 0.15) is 0 Å². The molecule has 2 rings (SSSR count). The van der Waals surface area contributed by atoms with Crippen LogP contribution in [0.2, 0.25) is 0 Å². The lowest BCUT2D eigenvalue weighted by molar-refractivity contribution is -0.114. The number of pyridine rings is 1. The lowest BCUT2D eigenvalue weighted by Crippen LogP contribution is -2.05. The second-order valence-corrected chi connectivity index (χ2v) is 4.24. The van der Waals surface area contributed by atoms with Gasteiger partial charge in [-0.1, -0.05) is 6.07 Å². The number of aromatic nitrogens is 1. The number of carbonyl (C=O) groups is 2. The summed E-state index contributed by atoms with van der Waals surface area (Å²) >= 11 is 0. The molecule has 1 N–H and O–H groups in total. The smallest absolute Gasteiger partial charge is 0.221 e. The summed E-state index contributed by atoms with van der Waals surface area (Å²) in [5.41, 5.74) is 2.11. The van der Waals surface area contributed by atoms with Gasteiger partial charge < -0.3 is 5.32 Å². The van der Waals surface area contributed by atoms with Gasteiger partial charge in [-0.15, -0.1) is 0 Å². The molecule has 0 bridgehead atoms. The van der Waals surface area contributed by atoms with Crippen molar-refractivity contribution in [3.05, 3.63) is 66.0 Å². The van der Waals surface area contributed by atoms with Crippen LogP contribution in [0.25, 0.3) is 6.08 Å². The largest absolute Gasteiger partial charge is 0.326 e. The lowest BCUT2D eigenvalue weighted by atomic mass is 10.1. The standard InChI is InChI=1S/C16H14N2O2/c1-12(19)18-15-7-5-14(6-8-15)16(20)9-4-13-3-2-10-17-11-13/h2-11H,1H3,(H,18,19)/b9-4+. The van der Waals surface area contributed by atoms with E-state index in [2.05, 4.69) is 10.3 Å². The maximum absolute atomic E-state index is 12.0. The predicted octanol–water partition coefficient (Wildman–Crippen LogP) is 2.94. The Bertz CT molecular complexity index is 631. The summed E-state index contributed by atoms with van der Waals surface area (Å²) in [5.74, 6) is -0.233. The highest BCUT2D eigenvalue weighted by molar-refractivity contribution is 6.07. The number of carbonyl (C=O) groups excluding carboxylic acids is 2. The topological polar surface area (TPSA) is 59.1 Å². The fourth-order valence-electron chi connectivity index (χ4n) is 1.66. The van der Waals surface area contributed by atoms with Crippen LogP contribution in [0, 0.1) is 0 Å². The van der Waals surface area contributed by atoms with Gasteiger partial charge in [0.15, 0.2) is 5.78 Å². The summed E-state index contributed by atoms with van der Waals surface area (Å²) < 4.78 is 0. The highest BCUT2D eigenvalue weighted by Crippen LogP contribution is 2.11. The third-order valence-electron chi connectivity index (χ3n) is 2.60. The van der Waals surface area contributed by atoms with Crippen molar-refractivity contribution < 1.29 is 9.59 Å². The number of hydrogen-bond donors (Lipinski definition) is 1. The minimum Gasteiger partial charge on any atom is -0.326 e. The summed E-state index contributed by atoms with van der Waals surface area (Å²) in [6.07, 6.45) is 6.59. The van der Waals surface area contributed by atoms with Crippen molar-refractivity contribution in [2.24, 2.45) is 0 Å². The molecular formula is C16H14N2O2. The molecule has 100 valence electrons. The Kier molecular flexibility index (Phi) is 4.39. The van der Waals surface area contributed by atoms with E-state index >= 15 is 0 Å². The van der Waals surface area contributed by atoms with Crippen LogP contribution in [0.15, 0.2) is 54.9 Å². The van der Waals surface area contributed by atoms with Gasteiger partial charge in [-0.25, -0.2) is 0 Å². The fourth-order valence-corrected chi connectivity index (χ4v) is 1.66. The van der Waals surface area contributed by atoms with E-state index in [0.29, 0.717) is 11.3 Å². The maximum Gasteiger partial charge on any atom is 0.221 e. The first kappa shape index (κ1) is 13.7. The molecule has 0 aliphatic rings. The molecule has 0 unspecified atom stereocenters. The van der Waals surface area contributed by atoms with Crippen LogP contribution >= 0.6 is 0 Å². The zero-order chi connectivity index (χ0) is 14.4. The molecular weight excluding hydrogens is 252 g/mol. The van der Waals surface area contributed by atoms with Crippen molar-refractivity contribution in [2.75, 3.05) is 5.32 Å². The minimum atomic E-state index is -0.138. The van der Waals surface area contributed by atoms with E-state index in [4.69, 9.17) is 0 Å². The first-order valence-corrected chi connectivity index (χ1v) is 6.15. The van der Waals surface area contributed by atoms with Gasteiger partial charge in [-0.05, 0) is 48.0 Å². The summed E-state index contributed by atoms with van der Waals surface area (Å²) in [5, 5.41) is 2.65. The summed E-state index contributed by atoms with van der Waals surface area (Å²) in [6.45, 7) is 1.44. The van der Waals surface area contributed by atoms with E-state index in [1.165, 1.54) is 13.0 Å². The molecule has 1 aromatic heterocycles. The SMILES string of the molecule is CC(=O)Nc1ccc(C(=O)/C=C/c2cccnc2)cc1. The Hall–Kier alpha value is -2.75. The van der Waals surface area contributed by atoms with Gasteiger partial charge in [0.2, 0.25) is 5.91 Å². The third-order valence-corrected chi connectivity index (χ3v) is 2.60. The highest BCUT2D eigenvalue weighted by atomic mass is 16.1. The van der Waals surface area contributed by atoms with Crippen LogP contribution in [0.3, 0.4) is 0 Å². The number of nitrogens with one attached hydrogen (secondary N) is 1. The van der Waals surface area contributed by atoms with Crippen molar-refractivity contribution in [2.45, 2.75) is 6.92 Å². The minimum absolute atomic E-state index is 0.0942. The van der Waals surface area contributed by atoms with E-state index in [1.54, 1.807) is 42.7 Å². The fraction of sp³-hybridized carbons (Fsp3) is 0.0625. The summed E-state index contributed by atoms with van der Waals surface area (Å²) in [7, 11) is 0. The average molecular weight is 266 g/mol. The van der Waals surface area contributed by atoms with E-state index in [1.807, 2.05) is 12.1 Å². The number of allylic oxidation sites excluding steroid dienone is 1. The van der Waals surface area contributed by atoms with Gasteiger partial charge >= 0.3 is 0 Å². The predicted molar refractivity (Wildman–Crippen MR) is 78.3 cm³/mol. The molecule has 0 spiro atoms. The van der Waals surface area contributed by atoms with Crippen molar-refractivity contribution >= 4 is 23.5 Å². The van der Waals surface area contributed by atoms with Gasteiger partial charge in [0.25, 0.3) is 0 Å². The molecule has 4 heteroatoms. The molecule has 1 aromatic carbocycles. The number of amides is 1.